The molecule has 0 unspecified atom stereocenters. The van der Waals surface area contributed by atoms with Crippen LogP contribution in [0.4, 0.5) is 0 Å². The first-order valence-electron chi connectivity index (χ1n) is 3.72. The van der Waals surface area contributed by atoms with E-state index in [0.29, 0.717) is 5.71 Å². The number of aliphatic imine (C=N–C) groups is 1. The largest absolute Gasteiger partial charge is 0.297 e. The van der Waals surface area contributed by atoms with Gasteiger partial charge >= 0.3 is 0 Å². The molecule has 0 saturated carbocycles. The van der Waals surface area contributed by atoms with Gasteiger partial charge < -0.3 is 0 Å². The maximum absolute atomic E-state index is 10.3. The summed E-state index contributed by atoms with van der Waals surface area (Å²) in [6, 6.07) is 0.242. The van der Waals surface area contributed by atoms with E-state index in [0.717, 1.165) is 19.1 Å². The molecule has 0 aromatic heterocycles. The van der Waals surface area contributed by atoms with Crippen molar-refractivity contribution in [3.63, 3.8) is 0 Å². The van der Waals surface area contributed by atoms with Gasteiger partial charge in [0.25, 0.3) is 0 Å². The molecule has 10 heavy (non-hydrogen) atoms. The fraction of sp³-hybridized carbons (Fsp3) is 0.750. The molecule has 2 nitrogen and oxygen atoms in total. The summed E-state index contributed by atoms with van der Waals surface area (Å²) in [7, 11) is 0. The summed E-state index contributed by atoms with van der Waals surface area (Å²) in [6.45, 7) is 5.98. The lowest BCUT2D eigenvalue weighted by Gasteiger charge is -1.98. The zero-order chi connectivity index (χ0) is 7.98. The van der Waals surface area contributed by atoms with E-state index in [2.05, 4.69) is 4.99 Å². The summed E-state index contributed by atoms with van der Waals surface area (Å²) in [6.07, 6.45) is 2.65. The Morgan fingerprint density at radius 3 is 2.50 bits per heavy atom. The number of carbonyl (C=O) groups is 1. The second-order valence-electron chi connectivity index (χ2n) is 2.58. The van der Waals surface area contributed by atoms with Crippen molar-refractivity contribution in [3.8, 4) is 0 Å². The highest BCUT2D eigenvalue weighted by Crippen LogP contribution is 1.93. The van der Waals surface area contributed by atoms with Gasteiger partial charge in [0.05, 0.1) is 5.71 Å². The van der Waals surface area contributed by atoms with Gasteiger partial charge in [-0.05, 0) is 20.3 Å². The van der Waals surface area contributed by atoms with Crippen LogP contribution in [0.25, 0.3) is 0 Å². The highest BCUT2D eigenvalue weighted by molar-refractivity contribution is 6.28. The predicted molar refractivity (Wildman–Crippen MR) is 43.5 cm³/mol. The van der Waals surface area contributed by atoms with Crippen molar-refractivity contribution in [2.45, 2.75) is 39.7 Å². The van der Waals surface area contributed by atoms with Gasteiger partial charge in [-0.15, -0.1) is 0 Å². The van der Waals surface area contributed by atoms with Crippen molar-refractivity contribution in [2.75, 3.05) is 0 Å². The summed E-state index contributed by atoms with van der Waals surface area (Å²) in [4.78, 5) is 14.4. The third-order valence-corrected chi connectivity index (χ3v) is 1.07. The molecule has 2 heteroatoms. The average Bonchev–Trinajstić information content (AvgIpc) is 1.86. The quantitative estimate of drug-likeness (QED) is 0.434. The molecule has 0 fully saturated rings. The lowest BCUT2D eigenvalue weighted by Crippen LogP contribution is -2.03. The van der Waals surface area contributed by atoms with Crippen molar-refractivity contribution >= 4 is 12.0 Å². The van der Waals surface area contributed by atoms with Crippen molar-refractivity contribution < 1.29 is 4.79 Å². The summed E-state index contributed by atoms with van der Waals surface area (Å²) in [5, 5.41) is 0. The standard InChI is InChI=1S/C8H15NO/c1-4-5-8(6-10)9-7(2)3/h6-7H,4-5H2,1-3H3. The second-order valence-corrected chi connectivity index (χ2v) is 2.58. The smallest absolute Gasteiger partial charge is 0.163 e. The Morgan fingerprint density at radius 1 is 1.60 bits per heavy atom. The minimum absolute atomic E-state index is 0.242. The van der Waals surface area contributed by atoms with Crippen LogP contribution in [0.2, 0.25) is 0 Å². The van der Waals surface area contributed by atoms with Crippen molar-refractivity contribution in [2.24, 2.45) is 4.99 Å². The fourth-order valence-electron chi connectivity index (χ4n) is 0.742. The molecule has 0 aliphatic carbocycles. The Bertz CT molecular complexity index is 127. The molecular weight excluding hydrogens is 126 g/mol. The first-order valence-corrected chi connectivity index (χ1v) is 3.72. The van der Waals surface area contributed by atoms with E-state index >= 15 is 0 Å². The van der Waals surface area contributed by atoms with E-state index in [1.807, 2.05) is 20.8 Å². The molecule has 0 N–H and O–H groups in total. The van der Waals surface area contributed by atoms with Gasteiger partial charge in [0.2, 0.25) is 0 Å². The topological polar surface area (TPSA) is 29.4 Å². The maximum Gasteiger partial charge on any atom is 0.163 e. The van der Waals surface area contributed by atoms with Crippen LogP contribution < -0.4 is 0 Å². The SMILES string of the molecule is CCCC(C=O)=NC(C)C. The molecule has 0 aromatic carbocycles. The Kier molecular flexibility index (Phi) is 4.81. The molecule has 0 saturated heterocycles. The van der Waals surface area contributed by atoms with Gasteiger partial charge in [-0.25, -0.2) is 0 Å². The van der Waals surface area contributed by atoms with Gasteiger partial charge in [0.1, 0.15) is 0 Å². The number of rotatable bonds is 4. The average molecular weight is 141 g/mol. The molecule has 0 bridgehead atoms. The summed E-state index contributed by atoms with van der Waals surface area (Å²) in [5.41, 5.74) is 0.692. The summed E-state index contributed by atoms with van der Waals surface area (Å²) in [5.74, 6) is 0. The van der Waals surface area contributed by atoms with E-state index in [4.69, 9.17) is 0 Å². The van der Waals surface area contributed by atoms with Crippen molar-refractivity contribution in [1.29, 1.82) is 0 Å². The Balaban J connectivity index is 3.90. The van der Waals surface area contributed by atoms with Crippen LogP contribution in [0.5, 0.6) is 0 Å². The Labute approximate surface area is 62.4 Å². The van der Waals surface area contributed by atoms with Crippen LogP contribution in [-0.4, -0.2) is 18.0 Å². The maximum atomic E-state index is 10.3. The molecule has 0 spiro atoms. The third-order valence-electron chi connectivity index (χ3n) is 1.07. The van der Waals surface area contributed by atoms with E-state index in [1.54, 1.807) is 0 Å². The van der Waals surface area contributed by atoms with Gasteiger partial charge in [0.15, 0.2) is 6.29 Å². The van der Waals surface area contributed by atoms with Crippen LogP contribution in [0, 0.1) is 0 Å². The van der Waals surface area contributed by atoms with E-state index in [1.165, 1.54) is 0 Å². The van der Waals surface area contributed by atoms with Crippen LogP contribution in [0.3, 0.4) is 0 Å². The van der Waals surface area contributed by atoms with Crippen LogP contribution in [-0.2, 0) is 4.79 Å². The summed E-state index contributed by atoms with van der Waals surface area (Å²) < 4.78 is 0. The zero-order valence-electron chi connectivity index (χ0n) is 6.92. The molecule has 0 aromatic rings. The minimum atomic E-state index is 0.242. The molecule has 0 amide bonds. The van der Waals surface area contributed by atoms with Crippen LogP contribution in [0.1, 0.15) is 33.6 Å². The fourth-order valence-corrected chi connectivity index (χ4v) is 0.742. The molecule has 0 aliphatic heterocycles. The molecule has 0 rings (SSSR count). The van der Waals surface area contributed by atoms with E-state index in [9.17, 15) is 4.79 Å². The third kappa shape index (κ3) is 4.24. The predicted octanol–water partition coefficient (Wildman–Crippen LogP) is 1.83. The molecule has 0 atom stereocenters. The van der Waals surface area contributed by atoms with E-state index < -0.39 is 0 Å². The lowest BCUT2D eigenvalue weighted by atomic mass is 10.2. The number of carbonyl (C=O) groups excluding carboxylic acids is 1. The van der Waals surface area contributed by atoms with Gasteiger partial charge in [-0.3, -0.25) is 9.79 Å². The van der Waals surface area contributed by atoms with Gasteiger partial charge in [-0.2, -0.15) is 0 Å². The minimum Gasteiger partial charge on any atom is -0.297 e. The monoisotopic (exact) mass is 141 g/mol. The number of hydrogen-bond acceptors (Lipinski definition) is 2. The van der Waals surface area contributed by atoms with Gasteiger partial charge in [-0.1, -0.05) is 13.3 Å². The molecular formula is C8H15NO. The Morgan fingerprint density at radius 2 is 2.20 bits per heavy atom. The van der Waals surface area contributed by atoms with Crippen LogP contribution in [0.15, 0.2) is 4.99 Å². The highest BCUT2D eigenvalue weighted by atomic mass is 16.1. The molecule has 0 aliphatic rings. The molecule has 58 valence electrons. The zero-order valence-corrected chi connectivity index (χ0v) is 6.92. The van der Waals surface area contributed by atoms with Crippen molar-refractivity contribution in [1.82, 2.24) is 0 Å². The normalized spacial score (nSPS) is 12.2. The van der Waals surface area contributed by atoms with Crippen LogP contribution >= 0.6 is 0 Å². The Hall–Kier alpha value is -0.660. The number of hydrogen-bond donors (Lipinski definition) is 0. The summed E-state index contributed by atoms with van der Waals surface area (Å²) >= 11 is 0. The first kappa shape index (κ1) is 9.34. The molecule has 0 heterocycles. The van der Waals surface area contributed by atoms with Crippen molar-refractivity contribution in [3.05, 3.63) is 0 Å². The van der Waals surface area contributed by atoms with E-state index in [-0.39, 0.29) is 6.04 Å². The lowest BCUT2D eigenvalue weighted by molar-refractivity contribution is -0.102. The first-order chi connectivity index (χ1) is 4.70. The second kappa shape index (κ2) is 5.15. The highest BCUT2D eigenvalue weighted by Gasteiger charge is 1.95. The van der Waals surface area contributed by atoms with Gasteiger partial charge in [0, 0.05) is 6.04 Å². The number of aldehydes is 1. The molecule has 0 radical (unpaired) electrons. The number of nitrogens with zero attached hydrogens (tertiary/aromatic N) is 1.